The highest BCUT2D eigenvalue weighted by Crippen LogP contribution is 2.27. The normalized spacial score (nSPS) is 23.8. The molecule has 1 aliphatic carbocycles. The van der Waals surface area contributed by atoms with Crippen LogP contribution < -0.4 is 5.32 Å². The van der Waals surface area contributed by atoms with Crippen molar-refractivity contribution in [3.05, 3.63) is 0 Å². The first kappa shape index (κ1) is 16.0. The van der Waals surface area contributed by atoms with Gasteiger partial charge in [0.2, 0.25) is 0 Å². The third-order valence-corrected chi connectivity index (χ3v) is 3.48. The van der Waals surface area contributed by atoms with E-state index in [1.54, 1.807) is 0 Å². The van der Waals surface area contributed by atoms with E-state index in [1.807, 2.05) is 27.7 Å². The van der Waals surface area contributed by atoms with E-state index in [0.29, 0.717) is 24.5 Å². The Hall–Kier alpha value is -1.06. The molecule has 0 aliphatic heterocycles. The van der Waals surface area contributed by atoms with Crippen LogP contribution in [0.15, 0.2) is 0 Å². The fourth-order valence-electron chi connectivity index (χ4n) is 2.45. The molecule has 1 amide bonds. The highest BCUT2D eigenvalue weighted by Gasteiger charge is 2.25. The Labute approximate surface area is 116 Å². The Kier molecular flexibility index (Phi) is 5.83. The van der Waals surface area contributed by atoms with E-state index in [1.165, 1.54) is 0 Å². The average Bonchev–Trinajstić information content (AvgIpc) is 2.29. The number of carbonyl (C=O) groups excluding carboxylic acids is 2. The first-order chi connectivity index (χ1) is 8.80. The van der Waals surface area contributed by atoms with Crippen molar-refractivity contribution in [3.8, 4) is 0 Å². The van der Waals surface area contributed by atoms with Crippen molar-refractivity contribution < 1.29 is 14.3 Å². The van der Waals surface area contributed by atoms with Crippen LogP contribution in [0.3, 0.4) is 0 Å². The molecule has 4 heteroatoms. The summed E-state index contributed by atoms with van der Waals surface area (Å²) in [5.74, 6) is 0.854. The summed E-state index contributed by atoms with van der Waals surface area (Å²) in [6, 6.07) is 0.197. The Morgan fingerprint density at radius 1 is 1.16 bits per heavy atom. The van der Waals surface area contributed by atoms with Gasteiger partial charge < -0.3 is 10.1 Å². The SMILES string of the molecule is CCC(=O)CC1CCC(NC(=O)OC(C)(C)C)CC1. The Morgan fingerprint density at radius 2 is 1.74 bits per heavy atom. The van der Waals surface area contributed by atoms with E-state index in [2.05, 4.69) is 5.32 Å². The highest BCUT2D eigenvalue weighted by molar-refractivity contribution is 5.78. The third-order valence-electron chi connectivity index (χ3n) is 3.48. The van der Waals surface area contributed by atoms with Crippen LogP contribution in [0.1, 0.15) is 66.2 Å². The van der Waals surface area contributed by atoms with Crippen LogP contribution in [-0.2, 0) is 9.53 Å². The number of rotatable bonds is 4. The molecule has 1 saturated carbocycles. The number of ether oxygens (including phenoxy) is 1. The number of Topliss-reactive ketones (excluding diaryl/α,β-unsaturated/α-hetero) is 1. The second-order valence-corrected chi connectivity index (χ2v) is 6.46. The summed E-state index contributed by atoms with van der Waals surface area (Å²) >= 11 is 0. The lowest BCUT2D eigenvalue weighted by Gasteiger charge is -2.29. The van der Waals surface area contributed by atoms with Crippen molar-refractivity contribution in [1.82, 2.24) is 5.32 Å². The maximum absolute atomic E-state index is 11.6. The lowest BCUT2D eigenvalue weighted by atomic mass is 9.83. The average molecular weight is 269 g/mol. The van der Waals surface area contributed by atoms with Crippen molar-refractivity contribution in [1.29, 1.82) is 0 Å². The smallest absolute Gasteiger partial charge is 0.407 e. The van der Waals surface area contributed by atoms with E-state index >= 15 is 0 Å². The quantitative estimate of drug-likeness (QED) is 0.850. The van der Waals surface area contributed by atoms with Gasteiger partial charge in [-0.05, 0) is 52.4 Å². The first-order valence-corrected chi connectivity index (χ1v) is 7.31. The van der Waals surface area contributed by atoms with Crippen molar-refractivity contribution in [2.75, 3.05) is 0 Å². The predicted molar refractivity (Wildman–Crippen MR) is 75.0 cm³/mol. The van der Waals surface area contributed by atoms with Crippen LogP contribution in [-0.4, -0.2) is 23.5 Å². The van der Waals surface area contributed by atoms with Gasteiger partial charge in [0.15, 0.2) is 0 Å². The van der Waals surface area contributed by atoms with Crippen LogP contribution in [0.4, 0.5) is 4.79 Å². The number of carbonyl (C=O) groups is 2. The van der Waals surface area contributed by atoms with E-state index in [0.717, 1.165) is 25.7 Å². The molecular weight excluding hydrogens is 242 g/mol. The van der Waals surface area contributed by atoms with Gasteiger partial charge in [-0.1, -0.05) is 6.92 Å². The molecule has 0 heterocycles. The third kappa shape index (κ3) is 6.60. The number of hydrogen-bond donors (Lipinski definition) is 1. The topological polar surface area (TPSA) is 55.4 Å². The fourth-order valence-corrected chi connectivity index (χ4v) is 2.45. The van der Waals surface area contributed by atoms with Crippen LogP contribution >= 0.6 is 0 Å². The highest BCUT2D eigenvalue weighted by atomic mass is 16.6. The van der Waals surface area contributed by atoms with Crippen LogP contribution in [0.5, 0.6) is 0 Å². The molecule has 0 aromatic heterocycles. The molecule has 0 radical (unpaired) electrons. The molecule has 0 unspecified atom stereocenters. The number of ketones is 1. The number of hydrogen-bond acceptors (Lipinski definition) is 3. The van der Waals surface area contributed by atoms with E-state index in [9.17, 15) is 9.59 Å². The summed E-state index contributed by atoms with van der Waals surface area (Å²) in [7, 11) is 0. The zero-order valence-corrected chi connectivity index (χ0v) is 12.6. The summed E-state index contributed by atoms with van der Waals surface area (Å²) in [5, 5.41) is 2.92. The Morgan fingerprint density at radius 3 is 2.21 bits per heavy atom. The summed E-state index contributed by atoms with van der Waals surface area (Å²) in [5.41, 5.74) is -0.450. The van der Waals surface area contributed by atoms with Gasteiger partial charge in [-0.15, -0.1) is 0 Å². The van der Waals surface area contributed by atoms with Crippen LogP contribution in [0.25, 0.3) is 0 Å². The molecule has 0 bridgehead atoms. The molecular formula is C15H27NO3. The zero-order valence-electron chi connectivity index (χ0n) is 12.6. The predicted octanol–water partition coefficient (Wildman–Crippen LogP) is 3.44. The van der Waals surface area contributed by atoms with Crippen molar-refractivity contribution in [2.24, 2.45) is 5.92 Å². The van der Waals surface area contributed by atoms with Gasteiger partial charge in [-0.3, -0.25) is 4.79 Å². The molecule has 0 atom stereocenters. The minimum atomic E-state index is -0.450. The van der Waals surface area contributed by atoms with Gasteiger partial charge in [0.25, 0.3) is 0 Å². The number of amides is 1. The number of nitrogens with one attached hydrogen (secondary N) is 1. The van der Waals surface area contributed by atoms with Crippen LogP contribution in [0.2, 0.25) is 0 Å². The maximum Gasteiger partial charge on any atom is 0.407 e. The second kappa shape index (κ2) is 6.92. The minimum Gasteiger partial charge on any atom is -0.444 e. The second-order valence-electron chi connectivity index (χ2n) is 6.46. The maximum atomic E-state index is 11.6. The summed E-state index contributed by atoms with van der Waals surface area (Å²) in [6.07, 6.45) is 4.94. The standard InChI is InChI=1S/C15H27NO3/c1-5-13(17)10-11-6-8-12(9-7-11)16-14(18)19-15(2,3)4/h11-12H,5-10H2,1-4H3,(H,16,18). The summed E-state index contributed by atoms with van der Waals surface area (Å²) < 4.78 is 5.25. The minimum absolute atomic E-state index is 0.197. The first-order valence-electron chi connectivity index (χ1n) is 7.31. The molecule has 1 rings (SSSR count). The number of alkyl carbamates (subject to hydrolysis) is 1. The van der Waals surface area contributed by atoms with Crippen LogP contribution in [0, 0.1) is 5.92 Å². The molecule has 4 nitrogen and oxygen atoms in total. The summed E-state index contributed by atoms with van der Waals surface area (Å²) in [4.78, 5) is 23.1. The molecule has 0 aromatic rings. The molecule has 1 N–H and O–H groups in total. The van der Waals surface area contributed by atoms with Crippen molar-refractivity contribution in [2.45, 2.75) is 77.9 Å². The van der Waals surface area contributed by atoms with E-state index in [-0.39, 0.29) is 12.1 Å². The monoisotopic (exact) mass is 269 g/mol. The van der Waals surface area contributed by atoms with Gasteiger partial charge in [0, 0.05) is 18.9 Å². The Balaban J connectivity index is 2.26. The fraction of sp³-hybridized carbons (Fsp3) is 0.867. The van der Waals surface area contributed by atoms with Gasteiger partial charge in [-0.2, -0.15) is 0 Å². The van der Waals surface area contributed by atoms with E-state index in [4.69, 9.17) is 4.74 Å². The van der Waals surface area contributed by atoms with Crippen molar-refractivity contribution in [3.63, 3.8) is 0 Å². The molecule has 19 heavy (non-hydrogen) atoms. The van der Waals surface area contributed by atoms with Gasteiger partial charge in [-0.25, -0.2) is 4.79 Å². The molecule has 1 fully saturated rings. The van der Waals surface area contributed by atoms with Gasteiger partial charge in [0.05, 0.1) is 0 Å². The van der Waals surface area contributed by atoms with Crippen molar-refractivity contribution >= 4 is 11.9 Å². The molecule has 0 aromatic carbocycles. The molecule has 0 spiro atoms. The molecule has 0 saturated heterocycles. The molecule has 110 valence electrons. The lowest BCUT2D eigenvalue weighted by molar-refractivity contribution is -0.119. The van der Waals surface area contributed by atoms with E-state index < -0.39 is 5.60 Å². The largest absolute Gasteiger partial charge is 0.444 e. The van der Waals surface area contributed by atoms with Gasteiger partial charge in [0.1, 0.15) is 11.4 Å². The van der Waals surface area contributed by atoms with Gasteiger partial charge >= 0.3 is 6.09 Å². The Bertz CT molecular complexity index is 312. The molecule has 1 aliphatic rings. The summed E-state index contributed by atoms with van der Waals surface area (Å²) in [6.45, 7) is 7.50. The lowest BCUT2D eigenvalue weighted by Crippen LogP contribution is -2.41. The zero-order chi connectivity index (χ0) is 14.5.